The summed E-state index contributed by atoms with van der Waals surface area (Å²) in [5.41, 5.74) is 1.60. The summed E-state index contributed by atoms with van der Waals surface area (Å²) in [5, 5.41) is 0. The van der Waals surface area contributed by atoms with Gasteiger partial charge in [-0.2, -0.15) is 0 Å². The molecule has 3 nitrogen and oxygen atoms in total. The Hall–Kier alpha value is -0.813. The Balaban J connectivity index is 3.23. The van der Waals surface area contributed by atoms with Crippen molar-refractivity contribution in [2.45, 2.75) is 6.92 Å². The molecule has 1 aromatic rings. The molecule has 1 aromatic carbocycles. The minimum Gasteiger partial charge on any atom is -0.496 e. The number of hydrogen-bond donors (Lipinski definition) is 0. The molecular formula is C9H10BrNO2Si. The Morgan fingerprint density at radius 3 is 2.86 bits per heavy atom. The van der Waals surface area contributed by atoms with Crippen LogP contribution in [-0.2, 0) is 4.46 Å². The normalized spacial score (nSPS) is 11.2. The van der Waals surface area contributed by atoms with E-state index >= 15 is 0 Å². The molecule has 14 heavy (non-hydrogen) atoms. The topological polar surface area (TPSA) is 38.7 Å². The number of ether oxygens (including phenoxy) is 1. The van der Waals surface area contributed by atoms with Crippen molar-refractivity contribution in [3.05, 3.63) is 28.2 Å². The van der Waals surface area contributed by atoms with Gasteiger partial charge in [0.2, 0.25) is 0 Å². The Morgan fingerprint density at radius 2 is 2.29 bits per heavy atom. The first-order chi connectivity index (χ1) is 6.69. The molecule has 0 aliphatic rings. The molecule has 74 valence electrons. The van der Waals surface area contributed by atoms with E-state index in [9.17, 15) is 4.46 Å². The Labute approximate surface area is 93.3 Å². The highest BCUT2D eigenvalue weighted by Crippen LogP contribution is 2.23. The minimum atomic E-state index is -1.11. The molecule has 0 heterocycles. The molecule has 0 radical (unpaired) electrons. The van der Waals surface area contributed by atoms with E-state index in [0.29, 0.717) is 0 Å². The molecule has 0 aromatic heterocycles. The number of halogens is 1. The van der Waals surface area contributed by atoms with Gasteiger partial charge in [-0.3, -0.25) is 4.66 Å². The van der Waals surface area contributed by atoms with E-state index in [1.54, 1.807) is 7.11 Å². The summed E-state index contributed by atoms with van der Waals surface area (Å²) < 4.78 is 20.5. The van der Waals surface area contributed by atoms with Crippen LogP contribution >= 0.6 is 15.9 Å². The molecule has 0 aliphatic heterocycles. The fraction of sp³-hybridized carbons (Fsp3) is 0.222. The lowest BCUT2D eigenvalue weighted by atomic mass is 10.1. The standard InChI is InChI=1S/C9H10BrNO2Si/c1-6(11-14-12)8-5-7(10)3-4-9(8)13-2/h3-5,14H,1-2H3/b11-6+. The summed E-state index contributed by atoms with van der Waals surface area (Å²) in [4.78, 5) is 0. The largest absolute Gasteiger partial charge is 0.496 e. The highest BCUT2D eigenvalue weighted by atomic mass is 79.9. The zero-order valence-corrected chi connectivity index (χ0v) is 10.7. The first kappa shape index (κ1) is 11.3. The summed E-state index contributed by atoms with van der Waals surface area (Å²) in [6.45, 7) is 1.81. The smallest absolute Gasteiger partial charge is 0.403 e. The molecule has 0 saturated carbocycles. The van der Waals surface area contributed by atoms with E-state index in [2.05, 4.69) is 20.6 Å². The summed E-state index contributed by atoms with van der Waals surface area (Å²) in [6.07, 6.45) is 0. The SMILES string of the molecule is COc1ccc(Br)cc1/C(C)=N/[SiH]=O. The zero-order valence-electron chi connectivity index (χ0n) is 7.95. The Kier molecular flexibility index (Phi) is 4.15. The molecule has 0 aliphatic carbocycles. The van der Waals surface area contributed by atoms with Crippen LogP contribution in [0.5, 0.6) is 5.75 Å². The maximum atomic E-state index is 10.4. The average molecular weight is 272 g/mol. The summed E-state index contributed by atoms with van der Waals surface area (Å²) in [7, 11) is 0.491. The first-order valence-corrected chi connectivity index (χ1v) is 5.79. The van der Waals surface area contributed by atoms with E-state index < -0.39 is 9.57 Å². The van der Waals surface area contributed by atoms with E-state index in [-0.39, 0.29) is 0 Å². The second-order valence-corrected chi connectivity index (χ2v) is 4.05. The van der Waals surface area contributed by atoms with Gasteiger partial charge in [0.1, 0.15) is 5.75 Å². The Morgan fingerprint density at radius 1 is 1.57 bits per heavy atom. The van der Waals surface area contributed by atoms with Gasteiger partial charge in [-0.05, 0) is 25.1 Å². The van der Waals surface area contributed by atoms with Crippen molar-refractivity contribution in [2.24, 2.45) is 4.66 Å². The van der Waals surface area contributed by atoms with Crippen LogP contribution in [0, 0.1) is 0 Å². The van der Waals surface area contributed by atoms with Crippen molar-refractivity contribution in [1.29, 1.82) is 0 Å². The van der Waals surface area contributed by atoms with E-state index in [4.69, 9.17) is 4.74 Å². The second kappa shape index (κ2) is 5.16. The molecule has 0 atom stereocenters. The van der Waals surface area contributed by atoms with Gasteiger partial charge in [0.25, 0.3) is 0 Å². The Bertz CT molecular complexity index is 379. The fourth-order valence-electron chi connectivity index (χ4n) is 1.11. The van der Waals surface area contributed by atoms with Gasteiger partial charge in [0.15, 0.2) is 0 Å². The molecule has 1 rings (SSSR count). The predicted octanol–water partition coefficient (Wildman–Crippen LogP) is 1.96. The number of rotatable bonds is 3. The molecule has 0 fully saturated rings. The summed E-state index contributed by atoms with van der Waals surface area (Å²) >= 11 is 3.36. The lowest BCUT2D eigenvalue weighted by molar-refractivity contribution is 0.414. The number of hydrogen-bond acceptors (Lipinski definition) is 2. The third-order valence-electron chi connectivity index (χ3n) is 1.80. The molecular weight excluding hydrogens is 262 g/mol. The van der Waals surface area contributed by atoms with Crippen LogP contribution in [0.3, 0.4) is 0 Å². The highest BCUT2D eigenvalue weighted by Gasteiger charge is 2.05. The zero-order chi connectivity index (χ0) is 10.6. The molecule has 0 saturated heterocycles. The fourth-order valence-corrected chi connectivity index (χ4v) is 1.77. The first-order valence-electron chi connectivity index (χ1n) is 4.01. The minimum absolute atomic E-state index is 0.730. The molecule has 5 heteroatoms. The van der Waals surface area contributed by atoms with Crippen LogP contribution in [0.2, 0.25) is 0 Å². The number of nitrogens with zero attached hydrogens (tertiary/aromatic N) is 1. The van der Waals surface area contributed by atoms with Gasteiger partial charge >= 0.3 is 9.57 Å². The molecule has 0 bridgehead atoms. The van der Waals surface area contributed by atoms with Crippen LogP contribution in [0.4, 0.5) is 0 Å². The maximum absolute atomic E-state index is 10.4. The average Bonchev–Trinajstić information content (AvgIpc) is 2.18. The van der Waals surface area contributed by atoms with E-state index in [1.807, 2.05) is 25.1 Å². The van der Waals surface area contributed by atoms with Gasteiger partial charge in [0.05, 0.1) is 7.11 Å². The van der Waals surface area contributed by atoms with Crippen LogP contribution in [0.15, 0.2) is 27.3 Å². The van der Waals surface area contributed by atoms with Gasteiger partial charge in [-0.25, -0.2) is 0 Å². The van der Waals surface area contributed by atoms with Crippen molar-refractivity contribution in [2.75, 3.05) is 7.11 Å². The van der Waals surface area contributed by atoms with Crippen molar-refractivity contribution in [1.82, 2.24) is 0 Å². The number of benzene rings is 1. The van der Waals surface area contributed by atoms with Crippen molar-refractivity contribution in [3.63, 3.8) is 0 Å². The van der Waals surface area contributed by atoms with Gasteiger partial charge < -0.3 is 9.20 Å². The third-order valence-corrected chi connectivity index (χ3v) is 2.78. The molecule has 0 amide bonds. The van der Waals surface area contributed by atoms with E-state index in [1.165, 1.54) is 0 Å². The van der Waals surface area contributed by atoms with Crippen molar-refractivity contribution < 1.29 is 9.20 Å². The molecule has 0 spiro atoms. The monoisotopic (exact) mass is 271 g/mol. The highest BCUT2D eigenvalue weighted by molar-refractivity contribution is 9.10. The number of methoxy groups -OCH3 is 1. The third kappa shape index (κ3) is 2.59. The lowest BCUT2D eigenvalue weighted by Crippen LogP contribution is -1.99. The molecule has 0 N–H and O–H groups in total. The van der Waals surface area contributed by atoms with Crippen LogP contribution in [0.1, 0.15) is 12.5 Å². The summed E-state index contributed by atoms with van der Waals surface area (Å²) in [6, 6.07) is 5.63. The van der Waals surface area contributed by atoms with Gasteiger partial charge in [-0.1, -0.05) is 15.9 Å². The van der Waals surface area contributed by atoms with Crippen molar-refractivity contribution in [3.8, 4) is 5.75 Å². The van der Waals surface area contributed by atoms with Crippen LogP contribution < -0.4 is 4.74 Å². The maximum Gasteiger partial charge on any atom is 0.403 e. The van der Waals surface area contributed by atoms with Crippen LogP contribution in [-0.4, -0.2) is 22.4 Å². The van der Waals surface area contributed by atoms with Crippen LogP contribution in [0.25, 0.3) is 0 Å². The lowest BCUT2D eigenvalue weighted by Gasteiger charge is -2.07. The summed E-state index contributed by atoms with van der Waals surface area (Å²) in [5.74, 6) is 0.738. The molecule has 0 unspecified atom stereocenters. The van der Waals surface area contributed by atoms with Gasteiger partial charge in [0, 0.05) is 15.7 Å². The van der Waals surface area contributed by atoms with E-state index in [0.717, 1.165) is 21.5 Å². The second-order valence-electron chi connectivity index (χ2n) is 2.66. The van der Waals surface area contributed by atoms with Crippen molar-refractivity contribution >= 4 is 31.2 Å². The van der Waals surface area contributed by atoms with Gasteiger partial charge in [-0.15, -0.1) is 0 Å². The quantitative estimate of drug-likeness (QED) is 0.623. The predicted molar refractivity (Wildman–Crippen MR) is 60.7 cm³/mol.